The summed E-state index contributed by atoms with van der Waals surface area (Å²) in [5.41, 5.74) is 0.813. The van der Waals surface area contributed by atoms with Crippen molar-refractivity contribution in [1.29, 1.82) is 0 Å². The highest BCUT2D eigenvalue weighted by Gasteiger charge is 2.34. The Morgan fingerprint density at radius 1 is 0.821 bits per heavy atom. The molecule has 2 rings (SSSR count). The molecule has 0 unspecified atom stereocenters. The molecule has 39 heavy (non-hydrogen) atoms. The summed E-state index contributed by atoms with van der Waals surface area (Å²) in [4.78, 5) is 64.1. The second-order valence-corrected chi connectivity index (χ2v) is 11.0. The Labute approximate surface area is 231 Å². The molecule has 4 N–H and O–H groups in total. The van der Waals surface area contributed by atoms with Crippen LogP contribution in [-0.2, 0) is 30.5 Å². The maximum Gasteiger partial charge on any atom is 0.408 e. The first-order valence-electron chi connectivity index (χ1n) is 13.9. The lowest BCUT2D eigenvalue weighted by atomic mass is 9.99. The average Bonchev–Trinajstić information content (AvgIpc) is 3.70. The predicted molar refractivity (Wildman–Crippen MR) is 147 cm³/mol. The number of amides is 4. The molecule has 216 valence electrons. The van der Waals surface area contributed by atoms with Gasteiger partial charge in [0.1, 0.15) is 18.7 Å². The van der Waals surface area contributed by atoms with E-state index in [9.17, 15) is 24.0 Å². The first-order valence-corrected chi connectivity index (χ1v) is 13.9. The summed E-state index contributed by atoms with van der Waals surface area (Å²) >= 11 is 0. The lowest BCUT2D eigenvalue weighted by Crippen LogP contribution is -2.57. The second-order valence-electron chi connectivity index (χ2n) is 11.0. The molecule has 0 radical (unpaired) electrons. The SMILES string of the molecule is CCC[C@H](NC(=O)[C@H](CC(C)C)NC(=O)[C@H](CC(C)C)NC(=O)OCc1ccccc1)C(=O)C(=O)NC1CC1. The first kappa shape index (κ1) is 31.8. The molecule has 3 atom stereocenters. The van der Waals surface area contributed by atoms with Crippen LogP contribution in [0, 0.1) is 11.8 Å². The van der Waals surface area contributed by atoms with Crippen molar-refractivity contribution in [1.82, 2.24) is 21.3 Å². The maximum atomic E-state index is 13.3. The highest BCUT2D eigenvalue weighted by molar-refractivity contribution is 6.38. The van der Waals surface area contributed by atoms with Crippen molar-refractivity contribution in [2.45, 2.75) is 104 Å². The highest BCUT2D eigenvalue weighted by Crippen LogP contribution is 2.18. The van der Waals surface area contributed by atoms with E-state index in [-0.39, 0.29) is 24.5 Å². The number of nitrogens with one attached hydrogen (secondary N) is 4. The third-order valence-corrected chi connectivity index (χ3v) is 6.22. The van der Waals surface area contributed by atoms with Gasteiger partial charge in [-0.05, 0) is 49.5 Å². The smallest absolute Gasteiger partial charge is 0.408 e. The minimum atomic E-state index is -0.981. The zero-order valence-electron chi connectivity index (χ0n) is 23.8. The van der Waals surface area contributed by atoms with Crippen molar-refractivity contribution in [3.63, 3.8) is 0 Å². The predicted octanol–water partition coefficient (Wildman–Crippen LogP) is 2.99. The number of hydrogen-bond donors (Lipinski definition) is 4. The number of carbonyl (C=O) groups excluding carboxylic acids is 5. The van der Waals surface area contributed by atoms with E-state index in [1.165, 1.54) is 0 Å². The van der Waals surface area contributed by atoms with Gasteiger partial charge in [0.25, 0.3) is 5.91 Å². The van der Waals surface area contributed by atoms with Crippen LogP contribution in [0.15, 0.2) is 30.3 Å². The fourth-order valence-corrected chi connectivity index (χ4v) is 4.06. The Hall–Kier alpha value is -3.43. The first-order chi connectivity index (χ1) is 18.5. The molecular formula is C29H44N4O6. The number of alkyl carbamates (subject to hydrolysis) is 1. The summed E-state index contributed by atoms with van der Waals surface area (Å²) in [6.45, 7) is 9.58. The van der Waals surface area contributed by atoms with Gasteiger partial charge < -0.3 is 26.0 Å². The van der Waals surface area contributed by atoms with E-state index in [1.54, 1.807) is 0 Å². The monoisotopic (exact) mass is 544 g/mol. The van der Waals surface area contributed by atoms with Gasteiger partial charge in [0.05, 0.1) is 6.04 Å². The van der Waals surface area contributed by atoms with Crippen LogP contribution in [0.3, 0.4) is 0 Å². The fraction of sp³-hybridized carbons (Fsp3) is 0.621. The van der Waals surface area contributed by atoms with Gasteiger partial charge in [-0.25, -0.2) is 4.79 Å². The minimum Gasteiger partial charge on any atom is -0.445 e. The van der Waals surface area contributed by atoms with Gasteiger partial charge >= 0.3 is 6.09 Å². The van der Waals surface area contributed by atoms with Gasteiger partial charge in [-0.2, -0.15) is 0 Å². The van der Waals surface area contributed by atoms with Gasteiger partial charge in [0.2, 0.25) is 17.6 Å². The summed E-state index contributed by atoms with van der Waals surface area (Å²) in [7, 11) is 0. The summed E-state index contributed by atoms with van der Waals surface area (Å²) in [6.07, 6.45) is 2.48. The zero-order valence-corrected chi connectivity index (χ0v) is 23.8. The van der Waals surface area contributed by atoms with E-state index in [0.717, 1.165) is 18.4 Å². The zero-order chi connectivity index (χ0) is 28.9. The number of ketones is 1. The Morgan fingerprint density at radius 2 is 1.36 bits per heavy atom. The number of hydrogen-bond acceptors (Lipinski definition) is 6. The van der Waals surface area contributed by atoms with Crippen molar-refractivity contribution < 1.29 is 28.7 Å². The minimum absolute atomic E-state index is 0.0252. The molecule has 1 aliphatic rings. The van der Waals surface area contributed by atoms with E-state index in [0.29, 0.717) is 25.7 Å². The molecule has 0 bridgehead atoms. The number of ether oxygens (including phenoxy) is 1. The summed E-state index contributed by atoms with van der Waals surface area (Å²) in [6, 6.07) is 6.36. The molecule has 1 fully saturated rings. The molecule has 1 aromatic carbocycles. The summed E-state index contributed by atoms with van der Waals surface area (Å²) < 4.78 is 5.28. The van der Waals surface area contributed by atoms with Gasteiger partial charge in [-0.1, -0.05) is 71.4 Å². The van der Waals surface area contributed by atoms with E-state index in [1.807, 2.05) is 65.0 Å². The van der Waals surface area contributed by atoms with Crippen molar-refractivity contribution in [2.75, 3.05) is 0 Å². The Morgan fingerprint density at radius 3 is 1.87 bits per heavy atom. The molecule has 0 spiro atoms. The molecule has 1 aliphatic carbocycles. The third kappa shape index (κ3) is 11.9. The van der Waals surface area contributed by atoms with Crippen LogP contribution in [0.5, 0.6) is 0 Å². The molecule has 4 amide bonds. The third-order valence-electron chi connectivity index (χ3n) is 6.22. The van der Waals surface area contributed by atoms with Crippen molar-refractivity contribution in [3.05, 3.63) is 35.9 Å². The molecule has 0 aromatic heterocycles. The lowest BCUT2D eigenvalue weighted by Gasteiger charge is -2.26. The largest absolute Gasteiger partial charge is 0.445 e. The quantitative estimate of drug-likeness (QED) is 0.236. The maximum absolute atomic E-state index is 13.3. The Kier molecular flexibility index (Phi) is 12.9. The highest BCUT2D eigenvalue weighted by atomic mass is 16.5. The van der Waals surface area contributed by atoms with Crippen LogP contribution in [0.25, 0.3) is 0 Å². The molecule has 0 heterocycles. The number of carbonyl (C=O) groups is 5. The standard InChI is InChI=1S/C29H44N4O6/c1-6-10-22(25(34)28(37)30-21-13-14-21)31-26(35)23(15-18(2)3)32-27(36)24(16-19(4)5)33-29(38)39-17-20-11-8-7-9-12-20/h7-9,11-12,18-19,21-24H,6,10,13-17H2,1-5H3,(H,30,37)(H,31,35)(H,32,36)(H,33,38)/t22-,23-,24-/m0/s1. The van der Waals surface area contributed by atoms with Crippen molar-refractivity contribution >= 4 is 29.6 Å². The van der Waals surface area contributed by atoms with E-state index in [4.69, 9.17) is 4.74 Å². The second kappa shape index (κ2) is 15.9. The van der Waals surface area contributed by atoms with E-state index < -0.39 is 47.7 Å². The topological polar surface area (TPSA) is 143 Å². The van der Waals surface area contributed by atoms with Crippen LogP contribution < -0.4 is 21.3 Å². The normalized spacial score (nSPS) is 15.2. The number of rotatable bonds is 16. The van der Waals surface area contributed by atoms with Crippen LogP contribution in [0.1, 0.15) is 78.7 Å². The molecule has 0 aliphatic heterocycles. The van der Waals surface area contributed by atoms with Gasteiger partial charge in [-0.15, -0.1) is 0 Å². The summed E-state index contributed by atoms with van der Waals surface area (Å²) in [5, 5.41) is 10.7. The number of Topliss-reactive ketones (excluding diaryl/α,β-unsaturated/α-hetero) is 1. The molecule has 1 saturated carbocycles. The van der Waals surface area contributed by atoms with Crippen LogP contribution in [-0.4, -0.2) is 53.8 Å². The Balaban J connectivity index is 2.06. The lowest BCUT2D eigenvalue weighted by molar-refractivity contribution is -0.140. The van der Waals surface area contributed by atoms with Crippen LogP contribution >= 0.6 is 0 Å². The molecular weight excluding hydrogens is 500 g/mol. The van der Waals surface area contributed by atoms with Crippen molar-refractivity contribution in [2.24, 2.45) is 11.8 Å². The van der Waals surface area contributed by atoms with Gasteiger partial charge in [-0.3, -0.25) is 19.2 Å². The van der Waals surface area contributed by atoms with E-state index in [2.05, 4.69) is 21.3 Å². The Bertz CT molecular complexity index is 977. The van der Waals surface area contributed by atoms with Crippen molar-refractivity contribution in [3.8, 4) is 0 Å². The molecule has 1 aromatic rings. The summed E-state index contributed by atoms with van der Waals surface area (Å²) in [5.74, 6) is -2.33. The van der Waals surface area contributed by atoms with Crippen LogP contribution in [0.4, 0.5) is 4.79 Å². The number of benzene rings is 1. The fourth-order valence-electron chi connectivity index (χ4n) is 4.06. The van der Waals surface area contributed by atoms with Gasteiger partial charge in [0.15, 0.2) is 0 Å². The average molecular weight is 545 g/mol. The molecule has 10 nitrogen and oxygen atoms in total. The van der Waals surface area contributed by atoms with Crippen LogP contribution in [0.2, 0.25) is 0 Å². The van der Waals surface area contributed by atoms with E-state index >= 15 is 0 Å². The molecule has 0 saturated heterocycles. The van der Waals surface area contributed by atoms with Gasteiger partial charge in [0, 0.05) is 6.04 Å². The molecule has 10 heteroatoms.